The number of nitrogens with one attached hydrogen (secondary N) is 1. The quantitative estimate of drug-likeness (QED) is 0.836. The molecule has 1 N–H and O–H groups in total. The summed E-state index contributed by atoms with van der Waals surface area (Å²) < 4.78 is 1.33. The first-order valence-corrected chi connectivity index (χ1v) is 7.27. The monoisotopic (exact) mass is 329 g/mol. The standard InChI is InChI=1S/C14H20IN/c1-16-14-4-2-3-12(10-14)9-11-5-7-13(15)8-6-11/h5-8,12,14,16H,2-4,9-10H2,1H3. The molecule has 0 bridgehead atoms. The highest BCUT2D eigenvalue weighted by Crippen LogP contribution is 2.27. The first-order chi connectivity index (χ1) is 7.78. The Morgan fingerprint density at radius 2 is 2.00 bits per heavy atom. The van der Waals surface area contributed by atoms with Gasteiger partial charge in [-0.3, -0.25) is 0 Å². The number of rotatable bonds is 3. The molecule has 0 saturated heterocycles. The molecular formula is C14H20IN. The first-order valence-electron chi connectivity index (χ1n) is 6.19. The van der Waals surface area contributed by atoms with Crippen molar-refractivity contribution in [3.8, 4) is 0 Å². The SMILES string of the molecule is CNC1CCCC(Cc2ccc(I)cc2)C1. The van der Waals surface area contributed by atoms with Gasteiger partial charge in [0.05, 0.1) is 0 Å². The molecule has 1 fully saturated rings. The smallest absolute Gasteiger partial charge is 0.0130 e. The van der Waals surface area contributed by atoms with Gasteiger partial charge >= 0.3 is 0 Å². The highest BCUT2D eigenvalue weighted by molar-refractivity contribution is 14.1. The summed E-state index contributed by atoms with van der Waals surface area (Å²) in [5.41, 5.74) is 1.50. The van der Waals surface area contributed by atoms with E-state index in [4.69, 9.17) is 0 Å². The second kappa shape index (κ2) is 6.01. The lowest BCUT2D eigenvalue weighted by atomic mass is 9.82. The van der Waals surface area contributed by atoms with Crippen LogP contribution in [0.25, 0.3) is 0 Å². The van der Waals surface area contributed by atoms with Gasteiger partial charge in [-0.1, -0.05) is 25.0 Å². The normalized spacial score (nSPS) is 25.6. The predicted molar refractivity (Wildman–Crippen MR) is 77.7 cm³/mol. The fraction of sp³-hybridized carbons (Fsp3) is 0.571. The molecule has 1 aromatic carbocycles. The van der Waals surface area contributed by atoms with E-state index in [2.05, 4.69) is 59.2 Å². The number of hydrogen-bond acceptors (Lipinski definition) is 1. The van der Waals surface area contributed by atoms with E-state index < -0.39 is 0 Å². The Labute approximate surface area is 112 Å². The van der Waals surface area contributed by atoms with Crippen LogP contribution in [0.4, 0.5) is 0 Å². The van der Waals surface area contributed by atoms with E-state index in [0.29, 0.717) is 0 Å². The van der Waals surface area contributed by atoms with Gasteiger partial charge < -0.3 is 5.32 Å². The minimum absolute atomic E-state index is 0.752. The molecule has 0 amide bonds. The van der Waals surface area contributed by atoms with Crippen LogP contribution >= 0.6 is 22.6 Å². The van der Waals surface area contributed by atoms with Crippen LogP contribution in [0, 0.1) is 9.49 Å². The Kier molecular flexibility index (Phi) is 4.65. The Bertz CT molecular complexity index is 320. The molecule has 0 aromatic heterocycles. The average molecular weight is 329 g/mol. The lowest BCUT2D eigenvalue weighted by Crippen LogP contribution is -2.31. The van der Waals surface area contributed by atoms with Gasteiger partial charge in [0.15, 0.2) is 0 Å². The van der Waals surface area contributed by atoms with Crippen LogP contribution < -0.4 is 5.32 Å². The Morgan fingerprint density at radius 3 is 2.69 bits per heavy atom. The third-order valence-corrected chi connectivity index (χ3v) is 4.35. The Hall–Kier alpha value is -0.0900. The summed E-state index contributed by atoms with van der Waals surface area (Å²) in [4.78, 5) is 0. The number of halogens is 1. The zero-order chi connectivity index (χ0) is 11.4. The molecule has 0 radical (unpaired) electrons. The molecule has 0 spiro atoms. The molecule has 1 aliphatic rings. The minimum Gasteiger partial charge on any atom is -0.317 e. The van der Waals surface area contributed by atoms with Crippen LogP contribution in [0.15, 0.2) is 24.3 Å². The molecule has 2 rings (SSSR count). The third kappa shape index (κ3) is 3.45. The van der Waals surface area contributed by atoms with Gasteiger partial charge in [-0.15, -0.1) is 0 Å². The van der Waals surface area contributed by atoms with Crippen LogP contribution in [-0.2, 0) is 6.42 Å². The van der Waals surface area contributed by atoms with Gasteiger partial charge in [0, 0.05) is 9.61 Å². The highest BCUT2D eigenvalue weighted by Gasteiger charge is 2.20. The largest absolute Gasteiger partial charge is 0.317 e. The fourth-order valence-corrected chi connectivity index (χ4v) is 3.05. The number of hydrogen-bond donors (Lipinski definition) is 1. The molecule has 2 heteroatoms. The van der Waals surface area contributed by atoms with Gasteiger partial charge in [-0.25, -0.2) is 0 Å². The van der Waals surface area contributed by atoms with Crippen LogP contribution in [0.2, 0.25) is 0 Å². The fourth-order valence-electron chi connectivity index (χ4n) is 2.69. The third-order valence-electron chi connectivity index (χ3n) is 3.63. The second-order valence-electron chi connectivity index (χ2n) is 4.85. The van der Waals surface area contributed by atoms with E-state index >= 15 is 0 Å². The lowest BCUT2D eigenvalue weighted by Gasteiger charge is -2.28. The van der Waals surface area contributed by atoms with Crippen molar-refractivity contribution < 1.29 is 0 Å². The molecular weight excluding hydrogens is 309 g/mol. The Balaban J connectivity index is 1.91. The molecule has 0 aliphatic heterocycles. The van der Waals surface area contributed by atoms with Crippen molar-refractivity contribution >= 4 is 22.6 Å². The summed E-state index contributed by atoms with van der Waals surface area (Å²) in [6.07, 6.45) is 6.77. The van der Waals surface area contributed by atoms with E-state index in [-0.39, 0.29) is 0 Å². The average Bonchev–Trinajstić information content (AvgIpc) is 2.32. The zero-order valence-corrected chi connectivity index (χ0v) is 12.0. The van der Waals surface area contributed by atoms with Crippen molar-refractivity contribution in [1.82, 2.24) is 5.32 Å². The second-order valence-corrected chi connectivity index (χ2v) is 6.09. The molecule has 2 unspecified atom stereocenters. The maximum absolute atomic E-state index is 3.43. The van der Waals surface area contributed by atoms with Crippen molar-refractivity contribution in [3.63, 3.8) is 0 Å². The number of benzene rings is 1. The van der Waals surface area contributed by atoms with E-state index in [1.807, 2.05) is 0 Å². The summed E-state index contributed by atoms with van der Waals surface area (Å²) in [5.74, 6) is 0.881. The Morgan fingerprint density at radius 1 is 1.25 bits per heavy atom. The first kappa shape index (κ1) is 12.4. The maximum Gasteiger partial charge on any atom is 0.0130 e. The molecule has 1 aliphatic carbocycles. The topological polar surface area (TPSA) is 12.0 Å². The highest BCUT2D eigenvalue weighted by atomic mass is 127. The summed E-state index contributed by atoms with van der Waals surface area (Å²) >= 11 is 2.37. The van der Waals surface area contributed by atoms with Crippen LogP contribution in [0.5, 0.6) is 0 Å². The molecule has 1 nitrogen and oxygen atoms in total. The van der Waals surface area contributed by atoms with Gasteiger partial charge in [0.1, 0.15) is 0 Å². The van der Waals surface area contributed by atoms with Gasteiger partial charge in [-0.05, 0) is 72.5 Å². The zero-order valence-electron chi connectivity index (χ0n) is 9.88. The predicted octanol–water partition coefficient (Wildman–Crippen LogP) is 3.61. The minimum atomic E-state index is 0.752. The van der Waals surface area contributed by atoms with Crippen molar-refractivity contribution in [3.05, 3.63) is 33.4 Å². The lowest BCUT2D eigenvalue weighted by molar-refractivity contribution is 0.294. The van der Waals surface area contributed by atoms with Gasteiger partial charge in [-0.2, -0.15) is 0 Å². The maximum atomic E-state index is 3.43. The van der Waals surface area contributed by atoms with Gasteiger partial charge in [0.2, 0.25) is 0 Å². The van der Waals surface area contributed by atoms with Crippen molar-refractivity contribution in [2.24, 2.45) is 5.92 Å². The van der Waals surface area contributed by atoms with Crippen LogP contribution in [-0.4, -0.2) is 13.1 Å². The summed E-state index contributed by atoms with van der Waals surface area (Å²) in [5, 5.41) is 3.43. The van der Waals surface area contributed by atoms with Crippen molar-refractivity contribution in [2.45, 2.75) is 38.1 Å². The molecule has 1 aromatic rings. The van der Waals surface area contributed by atoms with E-state index in [1.54, 1.807) is 0 Å². The summed E-state index contributed by atoms with van der Waals surface area (Å²) in [7, 11) is 2.10. The van der Waals surface area contributed by atoms with E-state index in [1.165, 1.54) is 41.2 Å². The molecule has 16 heavy (non-hydrogen) atoms. The van der Waals surface area contributed by atoms with Crippen molar-refractivity contribution in [2.75, 3.05) is 7.05 Å². The molecule has 88 valence electrons. The molecule has 1 saturated carbocycles. The van der Waals surface area contributed by atoms with Crippen molar-refractivity contribution in [1.29, 1.82) is 0 Å². The summed E-state index contributed by atoms with van der Waals surface area (Å²) in [6.45, 7) is 0. The van der Waals surface area contributed by atoms with Crippen LogP contribution in [0.1, 0.15) is 31.2 Å². The summed E-state index contributed by atoms with van der Waals surface area (Å²) in [6, 6.07) is 9.75. The molecule has 2 atom stereocenters. The van der Waals surface area contributed by atoms with Crippen LogP contribution in [0.3, 0.4) is 0 Å². The van der Waals surface area contributed by atoms with E-state index in [0.717, 1.165) is 12.0 Å². The van der Waals surface area contributed by atoms with E-state index in [9.17, 15) is 0 Å². The van der Waals surface area contributed by atoms with Gasteiger partial charge in [0.25, 0.3) is 0 Å². The molecule has 0 heterocycles.